The van der Waals surface area contributed by atoms with Crippen LogP contribution in [-0.4, -0.2) is 39.2 Å². The van der Waals surface area contributed by atoms with Crippen molar-refractivity contribution >= 4 is 24.6 Å². The van der Waals surface area contributed by atoms with Crippen LogP contribution < -0.4 is 10.1 Å². The second-order valence-corrected chi connectivity index (χ2v) is 5.50. The smallest absolute Gasteiger partial charge is 0.466 e. The fraction of sp³-hybridized carbons (Fsp3) is 0.308. The van der Waals surface area contributed by atoms with Gasteiger partial charge in [0.25, 0.3) is 0 Å². The number of aromatic amines is 1. The molecule has 0 bridgehead atoms. The van der Waals surface area contributed by atoms with E-state index in [1.54, 1.807) is 7.11 Å². The van der Waals surface area contributed by atoms with Gasteiger partial charge in [0.05, 0.1) is 7.11 Å². The van der Waals surface area contributed by atoms with E-state index < -0.39 is 7.82 Å². The number of amides is 1. The molecule has 1 amide bonds. The minimum atomic E-state index is -4.64. The Morgan fingerprint density at radius 2 is 2.00 bits per heavy atom. The largest absolute Gasteiger partial charge is 0.497 e. The Hall–Kier alpha value is -1.86. The topological polar surface area (TPSA) is 132 Å². The lowest BCUT2D eigenvalue weighted by molar-refractivity contribution is -0.118. The van der Waals surface area contributed by atoms with Crippen LogP contribution in [0, 0.1) is 0 Å². The molecule has 2 rings (SSSR count). The predicted molar refractivity (Wildman–Crippen MR) is 81.5 cm³/mol. The third kappa shape index (κ3) is 6.73. The molecule has 0 saturated carbocycles. The maximum absolute atomic E-state index is 10.8. The third-order valence-electron chi connectivity index (χ3n) is 2.74. The number of carbonyl (C=O) groups is 1. The Kier molecular flexibility index (Phi) is 6.58. The number of hydrogen-bond acceptors (Lipinski definition) is 3. The van der Waals surface area contributed by atoms with Gasteiger partial charge >= 0.3 is 7.82 Å². The number of nitrogens with one attached hydrogen (secondary N) is 2. The molecule has 1 aromatic heterocycles. The first kappa shape index (κ1) is 18.2. The van der Waals surface area contributed by atoms with Crippen molar-refractivity contribution in [2.45, 2.75) is 13.3 Å². The van der Waals surface area contributed by atoms with Crippen molar-refractivity contribution in [3.05, 3.63) is 30.0 Å². The van der Waals surface area contributed by atoms with Crippen LogP contribution in [0.2, 0.25) is 0 Å². The van der Waals surface area contributed by atoms with Crippen LogP contribution >= 0.6 is 7.82 Å². The molecule has 0 aliphatic heterocycles. The van der Waals surface area contributed by atoms with Gasteiger partial charge in [0, 0.05) is 30.6 Å². The van der Waals surface area contributed by atoms with Crippen molar-refractivity contribution in [3.63, 3.8) is 0 Å². The Morgan fingerprint density at radius 1 is 1.36 bits per heavy atom. The van der Waals surface area contributed by atoms with E-state index in [0.717, 1.165) is 23.1 Å². The molecule has 9 heteroatoms. The molecule has 22 heavy (non-hydrogen) atoms. The standard InChI is InChI=1S/C13H16N2O2.H3O4P/c1-9(16)14-6-5-10-8-15-13-4-3-11(17-2)7-12(10)13;1-5(2,3)4/h3-4,7-8,15H,5-6H2,1-2H3,(H,14,16);(H3,1,2,3,4). The van der Waals surface area contributed by atoms with Crippen molar-refractivity contribution < 1.29 is 28.8 Å². The summed E-state index contributed by atoms with van der Waals surface area (Å²) < 4.78 is 14.1. The number of fused-ring (bicyclic) bond motifs is 1. The number of carbonyl (C=O) groups excluding carboxylic acids is 1. The summed E-state index contributed by atoms with van der Waals surface area (Å²) in [6, 6.07) is 5.93. The van der Waals surface area contributed by atoms with Gasteiger partial charge in [-0.25, -0.2) is 4.57 Å². The minimum absolute atomic E-state index is 0.00224. The molecule has 0 fully saturated rings. The predicted octanol–water partition coefficient (Wildman–Crippen LogP) is 0.926. The van der Waals surface area contributed by atoms with E-state index in [0.29, 0.717) is 6.54 Å². The van der Waals surface area contributed by atoms with Gasteiger partial charge in [-0.05, 0) is 30.2 Å². The minimum Gasteiger partial charge on any atom is -0.497 e. The van der Waals surface area contributed by atoms with Crippen LogP contribution in [0.15, 0.2) is 24.4 Å². The number of ether oxygens (including phenoxy) is 1. The molecule has 0 spiro atoms. The maximum atomic E-state index is 10.8. The Morgan fingerprint density at radius 3 is 2.55 bits per heavy atom. The van der Waals surface area contributed by atoms with Gasteiger partial charge < -0.3 is 29.7 Å². The van der Waals surface area contributed by atoms with Crippen LogP contribution in [0.3, 0.4) is 0 Å². The van der Waals surface area contributed by atoms with Crippen LogP contribution in [0.1, 0.15) is 12.5 Å². The van der Waals surface area contributed by atoms with Crippen LogP contribution in [-0.2, 0) is 15.8 Å². The first-order chi connectivity index (χ1) is 10.2. The van der Waals surface area contributed by atoms with Crippen LogP contribution in [0.4, 0.5) is 0 Å². The molecule has 0 unspecified atom stereocenters. The van der Waals surface area contributed by atoms with Crippen molar-refractivity contribution in [2.75, 3.05) is 13.7 Å². The van der Waals surface area contributed by atoms with Gasteiger partial charge in [0.1, 0.15) is 5.75 Å². The normalized spacial score (nSPS) is 10.8. The fourth-order valence-electron chi connectivity index (χ4n) is 1.86. The fourth-order valence-corrected chi connectivity index (χ4v) is 1.86. The Labute approximate surface area is 127 Å². The summed E-state index contributed by atoms with van der Waals surface area (Å²) >= 11 is 0. The van der Waals surface area contributed by atoms with E-state index in [2.05, 4.69) is 10.3 Å². The van der Waals surface area contributed by atoms with Crippen molar-refractivity contribution in [1.82, 2.24) is 10.3 Å². The molecule has 0 radical (unpaired) electrons. The number of aromatic nitrogens is 1. The summed E-state index contributed by atoms with van der Waals surface area (Å²) in [6.07, 6.45) is 2.79. The summed E-state index contributed by atoms with van der Waals surface area (Å²) in [6.45, 7) is 2.18. The summed E-state index contributed by atoms with van der Waals surface area (Å²) in [5.41, 5.74) is 2.27. The van der Waals surface area contributed by atoms with Crippen LogP contribution in [0.25, 0.3) is 10.9 Å². The summed E-state index contributed by atoms with van der Waals surface area (Å²) in [7, 11) is -2.98. The third-order valence-corrected chi connectivity index (χ3v) is 2.74. The quantitative estimate of drug-likeness (QED) is 0.530. The average Bonchev–Trinajstić information content (AvgIpc) is 2.79. The number of rotatable bonds is 4. The molecule has 1 heterocycles. The SMILES string of the molecule is COc1ccc2[nH]cc(CCNC(C)=O)c2c1.O=P(O)(O)O. The Balaban J connectivity index is 0.000000422. The van der Waals surface area contributed by atoms with Gasteiger partial charge in [-0.2, -0.15) is 0 Å². The zero-order valence-corrected chi connectivity index (χ0v) is 13.1. The summed E-state index contributed by atoms with van der Waals surface area (Å²) in [5, 5.41) is 3.94. The van der Waals surface area contributed by atoms with Gasteiger partial charge in [0.15, 0.2) is 0 Å². The molecular weight excluding hydrogens is 311 g/mol. The van der Waals surface area contributed by atoms with E-state index in [9.17, 15) is 4.79 Å². The Bertz CT molecular complexity index is 670. The second kappa shape index (κ2) is 7.95. The molecule has 122 valence electrons. The molecule has 2 aromatic rings. The highest BCUT2D eigenvalue weighted by Crippen LogP contribution is 2.26. The highest BCUT2D eigenvalue weighted by atomic mass is 31.2. The molecule has 8 nitrogen and oxygen atoms in total. The summed E-state index contributed by atoms with van der Waals surface area (Å²) in [4.78, 5) is 35.6. The lowest BCUT2D eigenvalue weighted by Crippen LogP contribution is -2.22. The number of methoxy groups -OCH3 is 1. The number of hydrogen-bond donors (Lipinski definition) is 5. The summed E-state index contributed by atoms with van der Waals surface area (Å²) in [5.74, 6) is 0.847. The molecular formula is C13H19N2O6P. The zero-order chi connectivity index (χ0) is 16.8. The molecule has 0 aliphatic rings. The van der Waals surface area contributed by atoms with Gasteiger partial charge in [-0.15, -0.1) is 0 Å². The van der Waals surface area contributed by atoms with Crippen molar-refractivity contribution in [3.8, 4) is 5.75 Å². The lowest BCUT2D eigenvalue weighted by atomic mass is 10.1. The zero-order valence-electron chi connectivity index (χ0n) is 12.2. The molecule has 0 aliphatic carbocycles. The molecule has 5 N–H and O–H groups in total. The van der Waals surface area contributed by atoms with E-state index in [1.807, 2.05) is 24.4 Å². The highest BCUT2D eigenvalue weighted by Gasteiger charge is 2.05. The van der Waals surface area contributed by atoms with E-state index in [1.165, 1.54) is 12.5 Å². The number of H-pyrrole nitrogens is 1. The first-order valence-corrected chi connectivity index (χ1v) is 7.94. The monoisotopic (exact) mass is 330 g/mol. The molecule has 0 saturated heterocycles. The van der Waals surface area contributed by atoms with Gasteiger partial charge in [-0.1, -0.05) is 0 Å². The average molecular weight is 330 g/mol. The van der Waals surface area contributed by atoms with E-state index in [-0.39, 0.29) is 5.91 Å². The van der Waals surface area contributed by atoms with E-state index in [4.69, 9.17) is 24.0 Å². The number of benzene rings is 1. The van der Waals surface area contributed by atoms with Gasteiger partial charge in [-0.3, -0.25) is 4.79 Å². The highest BCUT2D eigenvalue weighted by molar-refractivity contribution is 7.45. The van der Waals surface area contributed by atoms with Crippen LogP contribution in [0.5, 0.6) is 5.75 Å². The molecule has 0 atom stereocenters. The first-order valence-electron chi connectivity index (χ1n) is 6.37. The lowest BCUT2D eigenvalue weighted by Gasteiger charge is -2.03. The molecule has 1 aromatic carbocycles. The number of phosphoric acid groups is 1. The second-order valence-electron chi connectivity index (χ2n) is 4.47. The maximum Gasteiger partial charge on any atom is 0.466 e. The van der Waals surface area contributed by atoms with Crippen molar-refractivity contribution in [1.29, 1.82) is 0 Å². The van der Waals surface area contributed by atoms with E-state index >= 15 is 0 Å². The van der Waals surface area contributed by atoms with Crippen molar-refractivity contribution in [2.24, 2.45) is 0 Å². The van der Waals surface area contributed by atoms with Gasteiger partial charge in [0.2, 0.25) is 5.91 Å².